The van der Waals surface area contributed by atoms with E-state index in [0.29, 0.717) is 11.4 Å². The first-order chi connectivity index (χ1) is 9.91. The molecule has 1 aromatic heterocycles. The summed E-state index contributed by atoms with van der Waals surface area (Å²) in [5, 5.41) is 7.56. The number of nitrogens with zero attached hydrogens (tertiary/aromatic N) is 1. The van der Waals surface area contributed by atoms with Crippen molar-refractivity contribution in [2.75, 3.05) is 27.2 Å². The molecule has 5 nitrogen and oxygen atoms in total. The summed E-state index contributed by atoms with van der Waals surface area (Å²) in [5.41, 5.74) is 0. The largest absolute Gasteiger partial charge is 0.354 e. The number of rotatable bonds is 8. The molecule has 6 heteroatoms. The van der Waals surface area contributed by atoms with Crippen LogP contribution in [0.3, 0.4) is 0 Å². The number of amides is 2. The van der Waals surface area contributed by atoms with Crippen molar-refractivity contribution in [1.82, 2.24) is 15.5 Å². The normalized spacial score (nSPS) is 12.5. The zero-order valence-electron chi connectivity index (χ0n) is 13.2. The Kier molecular flexibility index (Phi) is 7.39. The molecule has 1 aromatic rings. The van der Waals surface area contributed by atoms with E-state index < -0.39 is 6.04 Å². The summed E-state index contributed by atoms with van der Waals surface area (Å²) in [6.07, 6.45) is 0.891. The highest BCUT2D eigenvalue weighted by Gasteiger charge is 2.24. The molecule has 2 N–H and O–H groups in total. The van der Waals surface area contributed by atoms with Gasteiger partial charge in [-0.15, -0.1) is 11.3 Å². The number of carbonyl (C=O) groups excluding carboxylic acids is 2. The minimum absolute atomic E-state index is 0.0442. The predicted molar refractivity (Wildman–Crippen MR) is 86.6 cm³/mol. The Morgan fingerprint density at radius 3 is 2.57 bits per heavy atom. The fourth-order valence-electron chi connectivity index (χ4n) is 1.87. The Morgan fingerprint density at radius 1 is 1.33 bits per heavy atom. The summed E-state index contributed by atoms with van der Waals surface area (Å²) in [5.74, 6) is -0.261. The lowest BCUT2D eigenvalue weighted by Crippen LogP contribution is -2.49. The van der Waals surface area contributed by atoms with Gasteiger partial charge in [0.2, 0.25) is 5.91 Å². The molecular weight excluding hydrogens is 286 g/mol. The number of thiophene rings is 1. The van der Waals surface area contributed by atoms with E-state index in [-0.39, 0.29) is 17.7 Å². The maximum absolute atomic E-state index is 12.2. The molecule has 0 saturated heterocycles. The third-order valence-corrected chi connectivity index (χ3v) is 3.93. The van der Waals surface area contributed by atoms with Crippen LogP contribution < -0.4 is 10.6 Å². The molecule has 0 fully saturated rings. The van der Waals surface area contributed by atoms with Crippen LogP contribution in [0, 0.1) is 5.92 Å². The maximum Gasteiger partial charge on any atom is 0.262 e. The molecule has 0 aromatic carbocycles. The van der Waals surface area contributed by atoms with Gasteiger partial charge >= 0.3 is 0 Å². The Labute approximate surface area is 130 Å². The van der Waals surface area contributed by atoms with Crippen molar-refractivity contribution in [3.63, 3.8) is 0 Å². The van der Waals surface area contributed by atoms with Crippen molar-refractivity contribution in [2.24, 2.45) is 5.92 Å². The quantitative estimate of drug-likeness (QED) is 0.717. The van der Waals surface area contributed by atoms with Gasteiger partial charge in [0.1, 0.15) is 6.04 Å². The molecule has 0 aliphatic carbocycles. The topological polar surface area (TPSA) is 61.4 Å². The summed E-state index contributed by atoms with van der Waals surface area (Å²) in [7, 11) is 4.00. The smallest absolute Gasteiger partial charge is 0.262 e. The van der Waals surface area contributed by atoms with Crippen LogP contribution >= 0.6 is 11.3 Å². The van der Waals surface area contributed by atoms with Crippen LogP contribution in [0.15, 0.2) is 17.5 Å². The first kappa shape index (κ1) is 17.7. The lowest BCUT2D eigenvalue weighted by Gasteiger charge is -2.21. The highest BCUT2D eigenvalue weighted by molar-refractivity contribution is 7.12. The standard InChI is InChI=1S/C15H25N3O2S/c1-11(2)13(15(20)16-8-6-9-18(3)4)17-14(19)12-7-5-10-21-12/h5,7,10-11,13H,6,8-9H2,1-4H3,(H,16,20)(H,17,19). The summed E-state index contributed by atoms with van der Waals surface area (Å²) in [6, 6.07) is 3.08. The average Bonchev–Trinajstić information content (AvgIpc) is 2.93. The van der Waals surface area contributed by atoms with Gasteiger partial charge in [-0.1, -0.05) is 19.9 Å². The van der Waals surface area contributed by atoms with E-state index in [1.54, 1.807) is 6.07 Å². The van der Waals surface area contributed by atoms with Crippen LogP contribution in [0.5, 0.6) is 0 Å². The van der Waals surface area contributed by atoms with E-state index in [0.717, 1.165) is 13.0 Å². The number of hydrogen-bond donors (Lipinski definition) is 2. The number of nitrogens with one attached hydrogen (secondary N) is 2. The molecule has 118 valence electrons. The fourth-order valence-corrected chi connectivity index (χ4v) is 2.50. The highest BCUT2D eigenvalue weighted by Crippen LogP contribution is 2.10. The predicted octanol–water partition coefficient (Wildman–Crippen LogP) is 1.57. The monoisotopic (exact) mass is 311 g/mol. The minimum Gasteiger partial charge on any atom is -0.354 e. The molecule has 21 heavy (non-hydrogen) atoms. The summed E-state index contributed by atoms with van der Waals surface area (Å²) in [4.78, 5) is 27.0. The molecular formula is C15H25N3O2S. The maximum atomic E-state index is 12.2. The van der Waals surface area contributed by atoms with Crippen molar-refractivity contribution < 1.29 is 9.59 Å². The summed E-state index contributed by atoms with van der Waals surface area (Å²) >= 11 is 1.37. The van der Waals surface area contributed by atoms with Gasteiger partial charge < -0.3 is 15.5 Å². The fraction of sp³-hybridized carbons (Fsp3) is 0.600. The molecule has 0 bridgehead atoms. The van der Waals surface area contributed by atoms with Gasteiger partial charge in [-0.05, 0) is 44.4 Å². The average molecular weight is 311 g/mol. The van der Waals surface area contributed by atoms with E-state index >= 15 is 0 Å². The second-order valence-electron chi connectivity index (χ2n) is 5.62. The molecule has 1 heterocycles. The molecule has 0 aliphatic heterocycles. The molecule has 0 spiro atoms. The van der Waals surface area contributed by atoms with Gasteiger partial charge in [-0.25, -0.2) is 0 Å². The Morgan fingerprint density at radius 2 is 2.05 bits per heavy atom. The van der Waals surface area contributed by atoms with Crippen LogP contribution in [0.2, 0.25) is 0 Å². The molecule has 1 rings (SSSR count). The van der Waals surface area contributed by atoms with Crippen molar-refractivity contribution in [3.8, 4) is 0 Å². The summed E-state index contributed by atoms with van der Waals surface area (Å²) in [6.45, 7) is 5.40. The second kappa shape index (κ2) is 8.79. The zero-order chi connectivity index (χ0) is 15.8. The van der Waals surface area contributed by atoms with Crippen LogP contribution in [0.4, 0.5) is 0 Å². The van der Waals surface area contributed by atoms with Crippen molar-refractivity contribution in [2.45, 2.75) is 26.3 Å². The van der Waals surface area contributed by atoms with Crippen molar-refractivity contribution >= 4 is 23.2 Å². The molecule has 1 unspecified atom stereocenters. The lowest BCUT2D eigenvalue weighted by atomic mass is 10.0. The molecule has 0 radical (unpaired) electrons. The lowest BCUT2D eigenvalue weighted by molar-refractivity contribution is -0.123. The third-order valence-electron chi connectivity index (χ3n) is 3.06. The number of carbonyl (C=O) groups is 2. The van der Waals surface area contributed by atoms with Crippen LogP contribution in [0.1, 0.15) is 29.9 Å². The first-order valence-electron chi connectivity index (χ1n) is 7.18. The molecule has 0 saturated carbocycles. The van der Waals surface area contributed by atoms with Crippen LogP contribution in [0.25, 0.3) is 0 Å². The second-order valence-corrected chi connectivity index (χ2v) is 6.57. The van der Waals surface area contributed by atoms with E-state index in [1.165, 1.54) is 11.3 Å². The Balaban J connectivity index is 2.48. The van der Waals surface area contributed by atoms with E-state index in [9.17, 15) is 9.59 Å². The summed E-state index contributed by atoms with van der Waals surface area (Å²) < 4.78 is 0. The van der Waals surface area contributed by atoms with E-state index in [2.05, 4.69) is 15.5 Å². The van der Waals surface area contributed by atoms with Gasteiger partial charge in [-0.2, -0.15) is 0 Å². The van der Waals surface area contributed by atoms with Crippen molar-refractivity contribution in [3.05, 3.63) is 22.4 Å². The molecule has 1 atom stereocenters. The third kappa shape index (κ3) is 6.27. The van der Waals surface area contributed by atoms with Gasteiger partial charge in [0, 0.05) is 6.54 Å². The molecule has 0 aliphatic rings. The SMILES string of the molecule is CC(C)C(NC(=O)c1cccs1)C(=O)NCCCN(C)C. The molecule has 2 amide bonds. The van der Waals surface area contributed by atoms with E-state index in [1.807, 2.05) is 39.4 Å². The van der Waals surface area contributed by atoms with Gasteiger partial charge in [0.05, 0.1) is 4.88 Å². The Bertz CT molecular complexity index is 444. The van der Waals surface area contributed by atoms with Gasteiger partial charge in [-0.3, -0.25) is 9.59 Å². The highest BCUT2D eigenvalue weighted by atomic mass is 32.1. The minimum atomic E-state index is -0.501. The first-order valence-corrected chi connectivity index (χ1v) is 8.06. The van der Waals surface area contributed by atoms with Gasteiger partial charge in [0.15, 0.2) is 0 Å². The van der Waals surface area contributed by atoms with Crippen LogP contribution in [-0.4, -0.2) is 49.9 Å². The van der Waals surface area contributed by atoms with E-state index in [4.69, 9.17) is 0 Å². The Hall–Kier alpha value is -1.40. The van der Waals surface area contributed by atoms with Crippen LogP contribution in [-0.2, 0) is 4.79 Å². The number of hydrogen-bond acceptors (Lipinski definition) is 4. The zero-order valence-corrected chi connectivity index (χ0v) is 14.0. The van der Waals surface area contributed by atoms with Crippen molar-refractivity contribution in [1.29, 1.82) is 0 Å². The van der Waals surface area contributed by atoms with Gasteiger partial charge in [0.25, 0.3) is 5.91 Å².